The Labute approximate surface area is 67.4 Å². The van der Waals surface area contributed by atoms with Gasteiger partial charge >= 0.3 is 0 Å². The molecule has 0 saturated carbocycles. The third-order valence-corrected chi connectivity index (χ3v) is 0.934. The molecule has 0 amide bonds. The topological polar surface area (TPSA) is 35.3 Å². The third-order valence-electron chi connectivity index (χ3n) is 0.934. The van der Waals surface area contributed by atoms with Gasteiger partial charge in [0, 0.05) is 7.11 Å². The third kappa shape index (κ3) is 3.78. The number of nitrogens with zero attached hydrogens (tertiary/aromatic N) is 1. The van der Waals surface area contributed by atoms with Crippen LogP contribution in [0.4, 0.5) is 0 Å². The Kier molecular flexibility index (Phi) is 5.47. The average molecular weight is 157 g/mol. The maximum atomic E-state index is 4.97. The van der Waals surface area contributed by atoms with E-state index in [9.17, 15) is 0 Å². The molecule has 0 aliphatic rings. The molecule has 0 atom stereocenters. The van der Waals surface area contributed by atoms with Crippen LogP contribution in [0.2, 0.25) is 0 Å². The average Bonchev–Trinajstić information content (AvgIpc) is 2.41. The van der Waals surface area contributed by atoms with Crippen molar-refractivity contribution < 1.29 is 9.15 Å². The van der Waals surface area contributed by atoms with Gasteiger partial charge in [0.25, 0.3) is 0 Å². The molecule has 1 aromatic rings. The maximum absolute atomic E-state index is 4.97. The van der Waals surface area contributed by atoms with Gasteiger partial charge < -0.3 is 9.15 Å². The van der Waals surface area contributed by atoms with Gasteiger partial charge in [-0.2, -0.15) is 0 Å². The molecule has 1 aromatic heterocycles. The van der Waals surface area contributed by atoms with E-state index in [1.54, 1.807) is 13.4 Å². The Morgan fingerprint density at radius 2 is 2.18 bits per heavy atom. The first-order valence-electron chi connectivity index (χ1n) is 3.73. The Morgan fingerprint density at radius 3 is 2.55 bits per heavy atom. The van der Waals surface area contributed by atoms with E-state index in [4.69, 9.17) is 9.15 Å². The molecule has 0 aliphatic carbocycles. The lowest BCUT2D eigenvalue weighted by Gasteiger charge is -1.87. The van der Waals surface area contributed by atoms with Crippen molar-refractivity contribution in [2.75, 3.05) is 7.11 Å². The standard InChI is InChI=1S/C6H9NO2.C2H6/c1-5-3-9-6(7-5)4-8-2;1-2/h3H,4H2,1-2H3;1-2H3. The van der Waals surface area contributed by atoms with Crippen LogP contribution in [-0.4, -0.2) is 12.1 Å². The van der Waals surface area contributed by atoms with Crippen molar-refractivity contribution in [3.63, 3.8) is 0 Å². The van der Waals surface area contributed by atoms with Gasteiger partial charge in [-0.25, -0.2) is 4.98 Å². The second-order valence-corrected chi connectivity index (χ2v) is 1.82. The van der Waals surface area contributed by atoms with Crippen LogP contribution < -0.4 is 0 Å². The van der Waals surface area contributed by atoms with E-state index in [-0.39, 0.29) is 0 Å². The van der Waals surface area contributed by atoms with Crippen LogP contribution in [0.5, 0.6) is 0 Å². The molecule has 3 nitrogen and oxygen atoms in total. The molecule has 0 aliphatic heterocycles. The van der Waals surface area contributed by atoms with E-state index in [0.29, 0.717) is 12.5 Å². The quantitative estimate of drug-likeness (QED) is 0.659. The second-order valence-electron chi connectivity index (χ2n) is 1.82. The molecular formula is C8H15NO2. The van der Waals surface area contributed by atoms with Gasteiger partial charge in [-0.05, 0) is 6.92 Å². The van der Waals surface area contributed by atoms with Crippen molar-refractivity contribution in [3.8, 4) is 0 Å². The summed E-state index contributed by atoms with van der Waals surface area (Å²) < 4.78 is 9.75. The van der Waals surface area contributed by atoms with Crippen LogP contribution in [0.15, 0.2) is 10.7 Å². The van der Waals surface area contributed by atoms with Crippen LogP contribution >= 0.6 is 0 Å². The van der Waals surface area contributed by atoms with Crippen LogP contribution in [0.1, 0.15) is 25.4 Å². The molecule has 11 heavy (non-hydrogen) atoms. The van der Waals surface area contributed by atoms with E-state index < -0.39 is 0 Å². The molecule has 0 saturated heterocycles. The lowest BCUT2D eigenvalue weighted by atomic mass is 10.6. The molecule has 0 bridgehead atoms. The summed E-state index contributed by atoms with van der Waals surface area (Å²) in [5, 5.41) is 0. The zero-order chi connectivity index (χ0) is 8.69. The first-order valence-corrected chi connectivity index (χ1v) is 3.73. The van der Waals surface area contributed by atoms with Crippen molar-refractivity contribution in [2.45, 2.75) is 27.4 Å². The largest absolute Gasteiger partial charge is 0.446 e. The molecule has 0 spiro atoms. The van der Waals surface area contributed by atoms with Crippen LogP contribution in [0, 0.1) is 6.92 Å². The molecule has 1 rings (SSSR count). The first kappa shape index (κ1) is 10.2. The highest BCUT2D eigenvalue weighted by atomic mass is 16.5. The second kappa shape index (κ2) is 5.92. The van der Waals surface area contributed by atoms with E-state index in [0.717, 1.165) is 5.69 Å². The molecule has 0 aromatic carbocycles. The Hall–Kier alpha value is -0.830. The number of ether oxygens (including phenoxy) is 1. The Balaban J connectivity index is 0.000000461. The van der Waals surface area contributed by atoms with Gasteiger partial charge in [0.15, 0.2) is 0 Å². The van der Waals surface area contributed by atoms with Crippen molar-refractivity contribution in [1.82, 2.24) is 4.98 Å². The fraction of sp³-hybridized carbons (Fsp3) is 0.625. The highest BCUT2D eigenvalue weighted by Crippen LogP contribution is 2.00. The Morgan fingerprint density at radius 1 is 1.55 bits per heavy atom. The molecule has 1 heterocycles. The number of oxazole rings is 1. The molecule has 0 unspecified atom stereocenters. The summed E-state index contributed by atoms with van der Waals surface area (Å²) in [5.41, 5.74) is 0.891. The smallest absolute Gasteiger partial charge is 0.220 e. The molecule has 0 fully saturated rings. The fourth-order valence-corrected chi connectivity index (χ4v) is 0.592. The summed E-state index contributed by atoms with van der Waals surface area (Å²) in [6, 6.07) is 0. The minimum atomic E-state index is 0.452. The van der Waals surface area contributed by atoms with E-state index in [1.165, 1.54) is 0 Å². The number of hydrogen-bond donors (Lipinski definition) is 0. The molecular weight excluding hydrogens is 142 g/mol. The molecule has 64 valence electrons. The van der Waals surface area contributed by atoms with Crippen molar-refractivity contribution in [1.29, 1.82) is 0 Å². The van der Waals surface area contributed by atoms with Gasteiger partial charge in [-0.3, -0.25) is 0 Å². The van der Waals surface area contributed by atoms with E-state index >= 15 is 0 Å². The minimum Gasteiger partial charge on any atom is -0.446 e. The lowest BCUT2D eigenvalue weighted by Crippen LogP contribution is -1.85. The summed E-state index contributed by atoms with van der Waals surface area (Å²) in [7, 11) is 1.61. The van der Waals surface area contributed by atoms with Gasteiger partial charge in [0.2, 0.25) is 5.89 Å². The van der Waals surface area contributed by atoms with Gasteiger partial charge in [0.1, 0.15) is 12.9 Å². The monoisotopic (exact) mass is 157 g/mol. The van der Waals surface area contributed by atoms with Gasteiger partial charge in [-0.1, -0.05) is 13.8 Å². The van der Waals surface area contributed by atoms with Gasteiger partial charge in [0.05, 0.1) is 5.69 Å². The highest BCUT2D eigenvalue weighted by Gasteiger charge is 1.96. The number of methoxy groups -OCH3 is 1. The molecule has 0 N–H and O–H groups in total. The zero-order valence-corrected chi connectivity index (χ0v) is 7.55. The summed E-state index contributed by atoms with van der Waals surface area (Å²) in [4.78, 5) is 4.01. The predicted octanol–water partition coefficient (Wildman–Crippen LogP) is 2.16. The van der Waals surface area contributed by atoms with Crippen LogP contribution in [0.25, 0.3) is 0 Å². The van der Waals surface area contributed by atoms with Crippen molar-refractivity contribution in [2.24, 2.45) is 0 Å². The van der Waals surface area contributed by atoms with E-state index in [2.05, 4.69) is 4.98 Å². The van der Waals surface area contributed by atoms with Crippen LogP contribution in [0.3, 0.4) is 0 Å². The first-order chi connectivity index (χ1) is 5.33. The molecule has 0 radical (unpaired) electrons. The minimum absolute atomic E-state index is 0.452. The highest BCUT2D eigenvalue weighted by molar-refractivity contribution is 4.91. The van der Waals surface area contributed by atoms with Crippen LogP contribution in [-0.2, 0) is 11.3 Å². The summed E-state index contributed by atoms with van der Waals surface area (Å²) >= 11 is 0. The zero-order valence-electron chi connectivity index (χ0n) is 7.55. The predicted molar refractivity (Wildman–Crippen MR) is 43.3 cm³/mol. The maximum Gasteiger partial charge on any atom is 0.220 e. The van der Waals surface area contributed by atoms with Crippen molar-refractivity contribution in [3.05, 3.63) is 17.8 Å². The van der Waals surface area contributed by atoms with E-state index in [1.807, 2.05) is 20.8 Å². The Bertz CT molecular complexity index is 184. The number of rotatable bonds is 2. The SMILES string of the molecule is CC.COCc1nc(C)co1. The fourth-order valence-electron chi connectivity index (χ4n) is 0.592. The van der Waals surface area contributed by atoms with Crippen molar-refractivity contribution >= 4 is 0 Å². The normalized spacial score (nSPS) is 8.73. The summed E-state index contributed by atoms with van der Waals surface area (Å²) in [6.45, 7) is 6.33. The molecule has 3 heteroatoms. The summed E-state index contributed by atoms with van der Waals surface area (Å²) in [6.07, 6.45) is 1.61. The lowest BCUT2D eigenvalue weighted by molar-refractivity contribution is 0.159. The number of hydrogen-bond acceptors (Lipinski definition) is 3. The number of aryl methyl sites for hydroxylation is 1. The summed E-state index contributed by atoms with van der Waals surface area (Å²) in [5.74, 6) is 0.634. The van der Waals surface area contributed by atoms with Gasteiger partial charge in [-0.15, -0.1) is 0 Å². The number of aromatic nitrogens is 1.